The maximum atomic E-state index is 11.8. The van der Waals surface area contributed by atoms with Gasteiger partial charge in [-0.25, -0.2) is 4.79 Å². The molecular weight excluding hydrogens is 256 g/mol. The largest absolute Gasteiger partial charge is 0.480 e. The average molecular weight is 274 g/mol. The third-order valence-corrected chi connectivity index (χ3v) is 3.90. The fourth-order valence-electron chi connectivity index (χ4n) is 2.70. The zero-order chi connectivity index (χ0) is 14.1. The Balaban J connectivity index is 1.68. The first-order valence-electron chi connectivity index (χ1n) is 7.02. The number of carbonyl (C=O) groups is 2. The number of amides is 1. The van der Waals surface area contributed by atoms with Crippen molar-refractivity contribution in [1.82, 2.24) is 5.32 Å². The number of fused-ring (bicyclic) bond motifs is 1. The smallest absolute Gasteiger partial charge is 0.326 e. The number of carboxylic acids is 1. The fraction of sp³-hybridized carbons (Fsp3) is 0.467. The molecule has 1 amide bonds. The van der Waals surface area contributed by atoms with Gasteiger partial charge < -0.3 is 15.3 Å². The molecular formula is C15H18N2O3. The summed E-state index contributed by atoms with van der Waals surface area (Å²) in [5.74, 6) is -0.815. The average Bonchev–Trinajstić information content (AvgIpc) is 3.15. The molecule has 1 aliphatic heterocycles. The van der Waals surface area contributed by atoms with Gasteiger partial charge in [0.1, 0.15) is 6.04 Å². The van der Waals surface area contributed by atoms with Gasteiger partial charge in [0.25, 0.3) is 0 Å². The summed E-state index contributed by atoms with van der Waals surface area (Å²) in [6.45, 7) is 0.451. The van der Waals surface area contributed by atoms with E-state index in [0.717, 1.165) is 24.1 Å². The van der Waals surface area contributed by atoms with Gasteiger partial charge in [-0.15, -0.1) is 0 Å². The molecule has 1 fully saturated rings. The highest BCUT2D eigenvalue weighted by Crippen LogP contribution is 2.32. The maximum Gasteiger partial charge on any atom is 0.326 e. The summed E-state index contributed by atoms with van der Waals surface area (Å²) in [7, 11) is 0. The number of nitrogens with one attached hydrogen (secondary N) is 1. The molecule has 5 nitrogen and oxygen atoms in total. The topological polar surface area (TPSA) is 69.6 Å². The van der Waals surface area contributed by atoms with Gasteiger partial charge in [-0.2, -0.15) is 0 Å². The van der Waals surface area contributed by atoms with Gasteiger partial charge in [0.15, 0.2) is 0 Å². The predicted molar refractivity (Wildman–Crippen MR) is 74.7 cm³/mol. The molecule has 106 valence electrons. The lowest BCUT2D eigenvalue weighted by Gasteiger charge is -2.24. The Morgan fingerprint density at radius 2 is 2.05 bits per heavy atom. The van der Waals surface area contributed by atoms with Crippen molar-refractivity contribution in [3.05, 3.63) is 29.8 Å². The summed E-state index contributed by atoms with van der Waals surface area (Å²) in [5, 5.41) is 12.3. The lowest BCUT2D eigenvalue weighted by atomic mass is 10.1. The van der Waals surface area contributed by atoms with E-state index in [-0.39, 0.29) is 5.91 Å². The third-order valence-electron chi connectivity index (χ3n) is 3.90. The van der Waals surface area contributed by atoms with E-state index in [0.29, 0.717) is 25.4 Å². The molecule has 5 heteroatoms. The molecule has 0 aromatic heterocycles. The Kier molecular flexibility index (Phi) is 3.34. The zero-order valence-corrected chi connectivity index (χ0v) is 11.2. The van der Waals surface area contributed by atoms with E-state index in [1.165, 1.54) is 0 Å². The number of carboxylic acid groups (broad SMARTS) is 1. The van der Waals surface area contributed by atoms with Crippen molar-refractivity contribution >= 4 is 17.6 Å². The highest BCUT2D eigenvalue weighted by Gasteiger charge is 2.34. The number of nitrogens with zero attached hydrogens (tertiary/aromatic N) is 1. The summed E-state index contributed by atoms with van der Waals surface area (Å²) >= 11 is 0. The summed E-state index contributed by atoms with van der Waals surface area (Å²) < 4.78 is 0. The van der Waals surface area contributed by atoms with Crippen molar-refractivity contribution in [2.75, 3.05) is 11.4 Å². The van der Waals surface area contributed by atoms with Crippen molar-refractivity contribution in [1.29, 1.82) is 0 Å². The Labute approximate surface area is 117 Å². The highest BCUT2D eigenvalue weighted by molar-refractivity contribution is 5.83. The Bertz CT molecular complexity index is 540. The number of benzene rings is 1. The molecule has 0 bridgehead atoms. The lowest BCUT2D eigenvalue weighted by molar-refractivity contribution is -0.138. The van der Waals surface area contributed by atoms with E-state index in [1.54, 1.807) is 0 Å². The van der Waals surface area contributed by atoms with Crippen LogP contribution in [0, 0.1) is 0 Å². The van der Waals surface area contributed by atoms with E-state index in [2.05, 4.69) is 5.32 Å². The van der Waals surface area contributed by atoms with Crippen molar-refractivity contribution < 1.29 is 14.7 Å². The van der Waals surface area contributed by atoms with Crippen molar-refractivity contribution in [2.45, 2.75) is 37.8 Å². The molecule has 3 rings (SSSR count). The monoisotopic (exact) mass is 274 g/mol. The Morgan fingerprint density at radius 1 is 1.30 bits per heavy atom. The van der Waals surface area contributed by atoms with Crippen molar-refractivity contribution in [2.24, 2.45) is 0 Å². The van der Waals surface area contributed by atoms with Crippen LogP contribution in [0.25, 0.3) is 0 Å². The van der Waals surface area contributed by atoms with Gasteiger partial charge in [-0.1, -0.05) is 18.2 Å². The number of para-hydroxylation sites is 1. The van der Waals surface area contributed by atoms with E-state index in [9.17, 15) is 14.7 Å². The molecule has 1 heterocycles. The van der Waals surface area contributed by atoms with Gasteiger partial charge in [0.05, 0.1) is 0 Å². The lowest BCUT2D eigenvalue weighted by Crippen LogP contribution is -2.41. The first-order chi connectivity index (χ1) is 9.65. The number of rotatable bonds is 5. The maximum absolute atomic E-state index is 11.8. The van der Waals surface area contributed by atoms with Crippen LogP contribution < -0.4 is 10.2 Å². The van der Waals surface area contributed by atoms with Crippen molar-refractivity contribution in [3.8, 4) is 0 Å². The molecule has 0 spiro atoms. The molecule has 0 saturated heterocycles. The van der Waals surface area contributed by atoms with Gasteiger partial charge in [0.2, 0.25) is 5.91 Å². The van der Waals surface area contributed by atoms with Crippen LogP contribution >= 0.6 is 0 Å². The van der Waals surface area contributed by atoms with E-state index < -0.39 is 12.0 Å². The fourth-order valence-corrected chi connectivity index (χ4v) is 2.70. The first-order valence-corrected chi connectivity index (χ1v) is 7.02. The minimum Gasteiger partial charge on any atom is -0.480 e. The first kappa shape index (κ1) is 13.0. The normalized spacial score (nSPS) is 20.6. The van der Waals surface area contributed by atoms with Crippen LogP contribution in [-0.4, -0.2) is 35.6 Å². The SMILES string of the molecule is O=C(CCN1c2ccccc2CC1C(=O)O)NC1CC1. The highest BCUT2D eigenvalue weighted by atomic mass is 16.4. The molecule has 2 aliphatic rings. The summed E-state index contributed by atoms with van der Waals surface area (Å²) in [4.78, 5) is 25.0. The molecule has 20 heavy (non-hydrogen) atoms. The van der Waals surface area contributed by atoms with Crippen LogP contribution in [0.4, 0.5) is 5.69 Å². The summed E-state index contributed by atoms with van der Waals surface area (Å²) in [6, 6.07) is 7.50. The van der Waals surface area contributed by atoms with Crippen molar-refractivity contribution in [3.63, 3.8) is 0 Å². The second-order valence-corrected chi connectivity index (χ2v) is 5.47. The van der Waals surface area contributed by atoms with Crippen LogP contribution in [0.15, 0.2) is 24.3 Å². The van der Waals surface area contributed by atoms with Gasteiger partial charge in [0, 0.05) is 31.1 Å². The molecule has 1 aromatic carbocycles. The molecule has 1 unspecified atom stereocenters. The molecule has 2 N–H and O–H groups in total. The van der Waals surface area contributed by atoms with Gasteiger partial charge >= 0.3 is 5.97 Å². The minimum atomic E-state index is -0.830. The standard InChI is InChI=1S/C15H18N2O3/c18-14(16-11-5-6-11)7-8-17-12-4-2-1-3-10(12)9-13(17)15(19)20/h1-4,11,13H,5-9H2,(H,16,18)(H,19,20). The third kappa shape index (κ3) is 2.61. The van der Waals surface area contributed by atoms with Crippen LogP contribution in [-0.2, 0) is 16.0 Å². The van der Waals surface area contributed by atoms with E-state index in [1.807, 2.05) is 29.2 Å². The summed E-state index contributed by atoms with van der Waals surface area (Å²) in [6.07, 6.45) is 2.98. The number of aliphatic carboxylic acids is 1. The Morgan fingerprint density at radius 3 is 2.75 bits per heavy atom. The Hall–Kier alpha value is -2.04. The molecule has 1 aromatic rings. The quantitative estimate of drug-likeness (QED) is 0.845. The second kappa shape index (κ2) is 5.15. The van der Waals surface area contributed by atoms with Crippen LogP contribution in [0.2, 0.25) is 0 Å². The number of hydrogen-bond donors (Lipinski definition) is 2. The molecule has 1 atom stereocenters. The second-order valence-electron chi connectivity index (χ2n) is 5.47. The van der Waals surface area contributed by atoms with E-state index >= 15 is 0 Å². The van der Waals surface area contributed by atoms with Crippen LogP contribution in [0.5, 0.6) is 0 Å². The number of hydrogen-bond acceptors (Lipinski definition) is 3. The molecule has 0 radical (unpaired) electrons. The number of carbonyl (C=O) groups excluding carboxylic acids is 1. The van der Waals surface area contributed by atoms with Gasteiger partial charge in [-0.05, 0) is 24.5 Å². The van der Waals surface area contributed by atoms with E-state index in [4.69, 9.17) is 0 Å². The van der Waals surface area contributed by atoms with Gasteiger partial charge in [-0.3, -0.25) is 4.79 Å². The molecule has 1 aliphatic carbocycles. The predicted octanol–water partition coefficient (Wildman–Crippen LogP) is 1.17. The van der Waals surface area contributed by atoms with Crippen LogP contribution in [0.3, 0.4) is 0 Å². The summed E-state index contributed by atoms with van der Waals surface area (Å²) in [5.41, 5.74) is 1.99. The molecule has 1 saturated carbocycles. The van der Waals surface area contributed by atoms with Crippen LogP contribution in [0.1, 0.15) is 24.8 Å². The minimum absolute atomic E-state index is 0.0148. The zero-order valence-electron chi connectivity index (χ0n) is 11.2. The number of anilines is 1.